The lowest BCUT2D eigenvalue weighted by Gasteiger charge is -2.24. The van der Waals surface area contributed by atoms with Crippen LogP contribution in [-0.4, -0.2) is 46.5 Å². The van der Waals surface area contributed by atoms with Crippen molar-refractivity contribution < 1.29 is 8.42 Å². The fourth-order valence-electron chi connectivity index (χ4n) is 1.91. The van der Waals surface area contributed by atoms with E-state index in [9.17, 15) is 8.42 Å². The Hall–Kier alpha value is -1.11. The summed E-state index contributed by atoms with van der Waals surface area (Å²) < 4.78 is 25.2. The van der Waals surface area contributed by atoms with Crippen LogP contribution in [0.5, 0.6) is 0 Å². The number of nitrogens with zero attached hydrogens (tertiary/aromatic N) is 2. The highest BCUT2D eigenvalue weighted by atomic mass is 32.2. The van der Waals surface area contributed by atoms with Gasteiger partial charge in [-0.25, -0.2) is 12.7 Å². The van der Waals surface area contributed by atoms with Crippen molar-refractivity contribution in [1.29, 1.82) is 0 Å². The topological polar surface area (TPSA) is 66.6 Å². The summed E-state index contributed by atoms with van der Waals surface area (Å²) in [6, 6.07) is 7.00. The Bertz CT molecular complexity index is 498. The molecule has 2 N–H and O–H groups in total. The lowest BCUT2D eigenvalue weighted by molar-refractivity contribution is 0.521. The summed E-state index contributed by atoms with van der Waals surface area (Å²) in [5.41, 5.74) is 6.65. The standard InChI is InChI=1S/C14H25N3O2S/c1-4-5-11-17(12-10-15)13-6-8-14(9-7-13)20(18,19)16(2)3/h6-9H,4-5,10-12,15H2,1-3H3. The molecule has 1 aromatic carbocycles. The summed E-state index contributed by atoms with van der Waals surface area (Å²) in [5, 5.41) is 0. The van der Waals surface area contributed by atoms with Gasteiger partial charge in [0, 0.05) is 39.4 Å². The van der Waals surface area contributed by atoms with Crippen molar-refractivity contribution in [1.82, 2.24) is 4.31 Å². The fourth-order valence-corrected chi connectivity index (χ4v) is 2.82. The van der Waals surface area contributed by atoms with Gasteiger partial charge in [0.05, 0.1) is 4.90 Å². The number of unbranched alkanes of at least 4 members (excludes halogenated alkanes) is 1. The monoisotopic (exact) mass is 299 g/mol. The Balaban J connectivity index is 2.93. The summed E-state index contributed by atoms with van der Waals surface area (Å²) in [6.07, 6.45) is 2.21. The smallest absolute Gasteiger partial charge is 0.242 e. The Morgan fingerprint density at radius 3 is 2.15 bits per heavy atom. The molecule has 0 heterocycles. The van der Waals surface area contributed by atoms with E-state index in [2.05, 4.69) is 11.8 Å². The minimum atomic E-state index is -3.36. The molecule has 0 aliphatic heterocycles. The molecule has 0 atom stereocenters. The van der Waals surface area contributed by atoms with Crippen molar-refractivity contribution in [2.75, 3.05) is 38.6 Å². The van der Waals surface area contributed by atoms with E-state index in [1.165, 1.54) is 18.4 Å². The highest BCUT2D eigenvalue weighted by Gasteiger charge is 2.17. The van der Waals surface area contributed by atoms with Gasteiger partial charge in [-0.1, -0.05) is 13.3 Å². The minimum absolute atomic E-state index is 0.314. The van der Waals surface area contributed by atoms with Gasteiger partial charge in [0.2, 0.25) is 10.0 Å². The number of hydrogen-bond donors (Lipinski definition) is 1. The van der Waals surface area contributed by atoms with Gasteiger partial charge in [0.25, 0.3) is 0 Å². The molecule has 1 rings (SSSR count). The third-order valence-electron chi connectivity index (χ3n) is 3.16. The molecule has 20 heavy (non-hydrogen) atoms. The zero-order chi connectivity index (χ0) is 15.2. The van der Waals surface area contributed by atoms with Gasteiger partial charge in [0.15, 0.2) is 0 Å². The van der Waals surface area contributed by atoms with E-state index in [-0.39, 0.29) is 0 Å². The van der Waals surface area contributed by atoms with Gasteiger partial charge in [-0.15, -0.1) is 0 Å². The normalized spacial score (nSPS) is 11.8. The second-order valence-electron chi connectivity index (χ2n) is 4.91. The van der Waals surface area contributed by atoms with Crippen molar-refractivity contribution in [2.24, 2.45) is 5.73 Å². The Kier molecular flexibility index (Phi) is 6.45. The number of nitrogens with two attached hydrogens (primary N) is 1. The van der Waals surface area contributed by atoms with Crippen LogP contribution in [0.15, 0.2) is 29.2 Å². The Morgan fingerprint density at radius 2 is 1.70 bits per heavy atom. The Labute approximate surface area is 122 Å². The van der Waals surface area contributed by atoms with E-state index in [0.717, 1.165) is 31.6 Å². The van der Waals surface area contributed by atoms with Crippen LogP contribution < -0.4 is 10.6 Å². The molecule has 0 radical (unpaired) electrons. The predicted octanol–water partition coefficient (Wildman–Crippen LogP) is 1.50. The maximum atomic E-state index is 12.0. The van der Waals surface area contributed by atoms with Gasteiger partial charge in [-0.2, -0.15) is 0 Å². The van der Waals surface area contributed by atoms with Gasteiger partial charge in [-0.05, 0) is 30.7 Å². The number of benzene rings is 1. The lowest BCUT2D eigenvalue weighted by Crippen LogP contribution is -2.30. The van der Waals surface area contributed by atoms with Gasteiger partial charge < -0.3 is 10.6 Å². The summed E-state index contributed by atoms with van der Waals surface area (Å²) in [6.45, 7) is 4.45. The maximum absolute atomic E-state index is 12.0. The first-order chi connectivity index (χ1) is 9.43. The molecule has 0 bridgehead atoms. The quantitative estimate of drug-likeness (QED) is 0.790. The van der Waals surface area contributed by atoms with Crippen LogP contribution in [0.3, 0.4) is 0 Å². The number of hydrogen-bond acceptors (Lipinski definition) is 4. The van der Waals surface area contributed by atoms with Crippen LogP contribution >= 0.6 is 0 Å². The van der Waals surface area contributed by atoms with Crippen LogP contribution in [-0.2, 0) is 10.0 Å². The molecule has 0 unspecified atom stereocenters. The molecule has 0 spiro atoms. The van der Waals surface area contributed by atoms with Gasteiger partial charge in [-0.3, -0.25) is 0 Å². The zero-order valence-corrected chi connectivity index (χ0v) is 13.4. The van der Waals surface area contributed by atoms with Crippen LogP contribution in [0, 0.1) is 0 Å². The molecule has 6 heteroatoms. The van der Waals surface area contributed by atoms with Crippen LogP contribution in [0.1, 0.15) is 19.8 Å². The highest BCUT2D eigenvalue weighted by Crippen LogP contribution is 2.20. The maximum Gasteiger partial charge on any atom is 0.242 e. The lowest BCUT2D eigenvalue weighted by atomic mass is 10.2. The average Bonchev–Trinajstić information content (AvgIpc) is 2.43. The number of sulfonamides is 1. The predicted molar refractivity (Wildman–Crippen MR) is 83.5 cm³/mol. The van der Waals surface area contributed by atoms with Gasteiger partial charge in [0.1, 0.15) is 0 Å². The second kappa shape index (κ2) is 7.61. The molecule has 114 valence electrons. The zero-order valence-electron chi connectivity index (χ0n) is 12.5. The van der Waals surface area contributed by atoms with Crippen molar-refractivity contribution in [3.05, 3.63) is 24.3 Å². The molecule has 0 saturated heterocycles. The van der Waals surface area contributed by atoms with E-state index in [4.69, 9.17) is 5.73 Å². The summed E-state index contributed by atoms with van der Waals surface area (Å²) in [7, 11) is -0.293. The molecular formula is C14H25N3O2S. The molecule has 0 fully saturated rings. The van der Waals surface area contributed by atoms with Crippen molar-refractivity contribution in [3.8, 4) is 0 Å². The molecule has 5 nitrogen and oxygen atoms in total. The first-order valence-corrected chi connectivity index (χ1v) is 8.35. The molecule has 0 aromatic heterocycles. The fraction of sp³-hybridized carbons (Fsp3) is 0.571. The van der Waals surface area contributed by atoms with Crippen LogP contribution in [0.25, 0.3) is 0 Å². The number of anilines is 1. The second-order valence-corrected chi connectivity index (χ2v) is 7.06. The first kappa shape index (κ1) is 16.9. The summed E-state index contributed by atoms with van der Waals surface area (Å²) in [5.74, 6) is 0. The van der Waals surface area contributed by atoms with E-state index >= 15 is 0 Å². The van der Waals surface area contributed by atoms with Crippen molar-refractivity contribution >= 4 is 15.7 Å². The van der Waals surface area contributed by atoms with Gasteiger partial charge >= 0.3 is 0 Å². The van der Waals surface area contributed by atoms with E-state index < -0.39 is 10.0 Å². The third-order valence-corrected chi connectivity index (χ3v) is 4.99. The molecule has 0 amide bonds. The first-order valence-electron chi connectivity index (χ1n) is 6.91. The molecule has 0 saturated carbocycles. The minimum Gasteiger partial charge on any atom is -0.370 e. The van der Waals surface area contributed by atoms with E-state index in [1.807, 2.05) is 12.1 Å². The largest absolute Gasteiger partial charge is 0.370 e. The highest BCUT2D eigenvalue weighted by molar-refractivity contribution is 7.89. The van der Waals surface area contributed by atoms with Crippen LogP contribution in [0.4, 0.5) is 5.69 Å². The van der Waals surface area contributed by atoms with Crippen LogP contribution in [0.2, 0.25) is 0 Å². The summed E-state index contributed by atoms with van der Waals surface area (Å²) >= 11 is 0. The molecule has 1 aromatic rings. The van der Waals surface area contributed by atoms with Crippen molar-refractivity contribution in [3.63, 3.8) is 0 Å². The van der Waals surface area contributed by atoms with Crippen molar-refractivity contribution in [2.45, 2.75) is 24.7 Å². The SMILES string of the molecule is CCCCN(CCN)c1ccc(S(=O)(=O)N(C)C)cc1. The van der Waals surface area contributed by atoms with E-state index in [1.54, 1.807) is 12.1 Å². The Morgan fingerprint density at radius 1 is 1.10 bits per heavy atom. The molecular weight excluding hydrogens is 274 g/mol. The third kappa shape index (κ3) is 4.19. The van der Waals surface area contributed by atoms with E-state index in [0.29, 0.717) is 11.4 Å². The molecule has 0 aliphatic rings. The molecule has 0 aliphatic carbocycles. The summed E-state index contributed by atoms with van der Waals surface area (Å²) in [4.78, 5) is 2.50. The number of rotatable bonds is 8. The average molecular weight is 299 g/mol.